The number of hydrogen-bond acceptors (Lipinski definition) is 3. The van der Waals surface area contributed by atoms with Crippen molar-refractivity contribution < 1.29 is 14.3 Å². The van der Waals surface area contributed by atoms with E-state index in [1.807, 2.05) is 0 Å². The van der Waals surface area contributed by atoms with Gasteiger partial charge in [-0.25, -0.2) is 0 Å². The fraction of sp³-hybridized carbons (Fsp3) is 0.933. The van der Waals surface area contributed by atoms with Gasteiger partial charge in [0.1, 0.15) is 11.2 Å². The van der Waals surface area contributed by atoms with Crippen molar-refractivity contribution in [1.29, 1.82) is 0 Å². The van der Waals surface area contributed by atoms with Gasteiger partial charge in [0.05, 0.1) is 6.10 Å². The molecule has 18 heavy (non-hydrogen) atoms. The molecule has 2 aliphatic rings. The molecule has 1 spiro atoms. The molecule has 3 atom stereocenters. The first-order chi connectivity index (χ1) is 8.22. The monoisotopic (exact) mass is 254 g/mol. The SMILES string of the molecule is CC(=O)OC1(C)CCCC(C)(C)[C@@]12CC[C@@H](C)O2. The van der Waals surface area contributed by atoms with Gasteiger partial charge in [-0.1, -0.05) is 13.8 Å². The molecule has 2 fully saturated rings. The lowest BCUT2D eigenvalue weighted by Crippen LogP contribution is -2.64. The fourth-order valence-electron chi connectivity index (χ4n) is 4.19. The van der Waals surface area contributed by atoms with E-state index in [0.717, 1.165) is 32.1 Å². The Morgan fingerprint density at radius 2 is 1.89 bits per heavy atom. The molecule has 1 saturated heterocycles. The Morgan fingerprint density at radius 3 is 2.39 bits per heavy atom. The average Bonchev–Trinajstić information content (AvgIpc) is 2.59. The zero-order valence-corrected chi connectivity index (χ0v) is 12.3. The molecule has 0 amide bonds. The van der Waals surface area contributed by atoms with Crippen LogP contribution in [0, 0.1) is 5.41 Å². The molecular formula is C15H26O3. The summed E-state index contributed by atoms with van der Waals surface area (Å²) in [6.07, 6.45) is 5.44. The van der Waals surface area contributed by atoms with Gasteiger partial charge >= 0.3 is 5.97 Å². The van der Waals surface area contributed by atoms with Gasteiger partial charge in [-0.05, 0) is 51.4 Å². The fourth-order valence-corrected chi connectivity index (χ4v) is 4.19. The van der Waals surface area contributed by atoms with Gasteiger partial charge in [-0.15, -0.1) is 0 Å². The van der Waals surface area contributed by atoms with E-state index in [1.165, 1.54) is 6.92 Å². The molecule has 0 bridgehead atoms. The molecule has 1 aliphatic carbocycles. The maximum Gasteiger partial charge on any atom is 0.303 e. The summed E-state index contributed by atoms with van der Waals surface area (Å²) < 4.78 is 12.1. The number of esters is 1. The highest BCUT2D eigenvalue weighted by Crippen LogP contribution is 2.58. The number of carbonyl (C=O) groups excluding carboxylic acids is 1. The Morgan fingerprint density at radius 1 is 1.22 bits per heavy atom. The van der Waals surface area contributed by atoms with Gasteiger partial charge < -0.3 is 9.47 Å². The largest absolute Gasteiger partial charge is 0.456 e. The van der Waals surface area contributed by atoms with Crippen LogP contribution >= 0.6 is 0 Å². The first kappa shape index (κ1) is 13.9. The van der Waals surface area contributed by atoms with E-state index in [9.17, 15) is 4.79 Å². The van der Waals surface area contributed by atoms with E-state index in [0.29, 0.717) is 0 Å². The molecule has 3 heteroatoms. The highest BCUT2D eigenvalue weighted by molar-refractivity contribution is 5.66. The highest BCUT2D eigenvalue weighted by atomic mass is 16.6. The van der Waals surface area contributed by atoms with Crippen molar-refractivity contribution >= 4 is 5.97 Å². The summed E-state index contributed by atoms with van der Waals surface area (Å²) in [5.74, 6) is -0.197. The van der Waals surface area contributed by atoms with Crippen molar-refractivity contribution in [2.45, 2.75) is 84.0 Å². The number of rotatable bonds is 1. The molecule has 0 aromatic rings. The maximum absolute atomic E-state index is 11.5. The maximum atomic E-state index is 11.5. The molecule has 3 nitrogen and oxygen atoms in total. The number of ether oxygens (including phenoxy) is 2. The molecule has 1 aliphatic heterocycles. The van der Waals surface area contributed by atoms with Crippen LogP contribution in [0.4, 0.5) is 0 Å². The Kier molecular flexibility index (Phi) is 3.25. The molecule has 1 saturated carbocycles. The zero-order valence-electron chi connectivity index (χ0n) is 12.3. The van der Waals surface area contributed by atoms with Crippen LogP contribution in [0.15, 0.2) is 0 Å². The minimum Gasteiger partial charge on any atom is -0.456 e. The standard InChI is InChI=1S/C15H26O3/c1-11-7-10-15(17-11)13(3,4)8-6-9-14(15,5)18-12(2)16/h11H,6-10H2,1-5H3/t11-,14?,15+/m1/s1. The smallest absolute Gasteiger partial charge is 0.303 e. The van der Waals surface area contributed by atoms with Crippen molar-refractivity contribution in [2.24, 2.45) is 5.41 Å². The second-order valence-electron chi connectivity index (χ2n) is 6.86. The minimum absolute atomic E-state index is 0.0558. The van der Waals surface area contributed by atoms with E-state index < -0.39 is 5.60 Å². The van der Waals surface area contributed by atoms with E-state index in [1.54, 1.807) is 0 Å². The molecule has 0 aromatic carbocycles. The predicted molar refractivity (Wildman–Crippen MR) is 70.3 cm³/mol. The lowest BCUT2D eigenvalue weighted by Gasteiger charge is -2.57. The van der Waals surface area contributed by atoms with Crippen molar-refractivity contribution in [3.05, 3.63) is 0 Å². The van der Waals surface area contributed by atoms with Crippen LogP contribution in [-0.4, -0.2) is 23.3 Å². The molecule has 0 N–H and O–H groups in total. The predicted octanol–water partition coefficient (Wildman–Crippen LogP) is 3.46. The van der Waals surface area contributed by atoms with Gasteiger partial charge in [0, 0.05) is 6.92 Å². The van der Waals surface area contributed by atoms with Crippen LogP contribution in [0.3, 0.4) is 0 Å². The number of hydrogen-bond donors (Lipinski definition) is 0. The second-order valence-corrected chi connectivity index (χ2v) is 6.86. The molecule has 0 radical (unpaired) electrons. The van der Waals surface area contributed by atoms with E-state index in [2.05, 4.69) is 27.7 Å². The molecule has 2 rings (SSSR count). The van der Waals surface area contributed by atoms with Crippen molar-refractivity contribution in [2.75, 3.05) is 0 Å². The summed E-state index contributed by atoms with van der Waals surface area (Å²) in [6, 6.07) is 0. The summed E-state index contributed by atoms with van der Waals surface area (Å²) >= 11 is 0. The second kappa shape index (κ2) is 4.22. The van der Waals surface area contributed by atoms with Crippen molar-refractivity contribution in [3.8, 4) is 0 Å². The van der Waals surface area contributed by atoms with Crippen LogP contribution in [0.25, 0.3) is 0 Å². The summed E-state index contributed by atoms with van der Waals surface area (Å²) in [5, 5.41) is 0. The highest BCUT2D eigenvalue weighted by Gasteiger charge is 2.64. The van der Waals surface area contributed by atoms with Crippen LogP contribution in [0.5, 0.6) is 0 Å². The van der Waals surface area contributed by atoms with Gasteiger partial charge in [0.25, 0.3) is 0 Å². The topological polar surface area (TPSA) is 35.5 Å². The zero-order chi connectivity index (χ0) is 13.6. The van der Waals surface area contributed by atoms with Gasteiger partial charge in [0.2, 0.25) is 0 Å². The van der Waals surface area contributed by atoms with Crippen molar-refractivity contribution in [3.63, 3.8) is 0 Å². The third kappa shape index (κ3) is 1.87. The molecular weight excluding hydrogens is 228 g/mol. The van der Waals surface area contributed by atoms with Crippen LogP contribution in [-0.2, 0) is 14.3 Å². The summed E-state index contributed by atoms with van der Waals surface area (Å²) in [7, 11) is 0. The summed E-state index contributed by atoms with van der Waals surface area (Å²) in [6.45, 7) is 10.2. The molecule has 0 aromatic heterocycles. The summed E-state index contributed by atoms with van der Waals surface area (Å²) in [5.41, 5.74) is -0.741. The lowest BCUT2D eigenvalue weighted by atomic mass is 9.57. The number of carbonyl (C=O) groups is 1. The van der Waals surface area contributed by atoms with Crippen molar-refractivity contribution in [1.82, 2.24) is 0 Å². The van der Waals surface area contributed by atoms with E-state index in [-0.39, 0.29) is 23.1 Å². The Labute approximate surface area is 110 Å². The lowest BCUT2D eigenvalue weighted by molar-refractivity contribution is -0.251. The van der Waals surface area contributed by atoms with Crippen LogP contribution in [0.1, 0.15) is 66.7 Å². The van der Waals surface area contributed by atoms with Crippen LogP contribution < -0.4 is 0 Å². The Balaban J connectivity index is 2.40. The first-order valence-electron chi connectivity index (χ1n) is 7.10. The molecule has 1 heterocycles. The Hall–Kier alpha value is -0.570. The van der Waals surface area contributed by atoms with Gasteiger partial charge in [0.15, 0.2) is 0 Å². The molecule has 1 unspecified atom stereocenters. The summed E-state index contributed by atoms with van der Waals surface area (Å²) in [4.78, 5) is 11.5. The molecule has 104 valence electrons. The van der Waals surface area contributed by atoms with E-state index in [4.69, 9.17) is 9.47 Å². The van der Waals surface area contributed by atoms with Gasteiger partial charge in [-0.3, -0.25) is 4.79 Å². The first-order valence-corrected chi connectivity index (χ1v) is 7.10. The third-order valence-corrected chi connectivity index (χ3v) is 5.08. The Bertz CT molecular complexity index is 350. The van der Waals surface area contributed by atoms with Crippen LogP contribution in [0.2, 0.25) is 0 Å². The van der Waals surface area contributed by atoms with Gasteiger partial charge in [-0.2, -0.15) is 0 Å². The minimum atomic E-state index is -0.481. The third-order valence-electron chi connectivity index (χ3n) is 5.08. The average molecular weight is 254 g/mol. The normalized spacial score (nSPS) is 43.1. The van der Waals surface area contributed by atoms with E-state index >= 15 is 0 Å². The quantitative estimate of drug-likeness (QED) is 0.672.